The van der Waals surface area contributed by atoms with Gasteiger partial charge in [-0.25, -0.2) is 9.98 Å². The number of anilines is 1. The zero-order chi connectivity index (χ0) is 20.4. The van der Waals surface area contributed by atoms with Gasteiger partial charge in [0.25, 0.3) is 0 Å². The first kappa shape index (κ1) is 21.9. The predicted molar refractivity (Wildman–Crippen MR) is 121 cm³/mol. The predicted octanol–water partition coefficient (Wildman–Crippen LogP) is 3.72. The average Bonchev–Trinajstić information content (AvgIpc) is 3.43. The van der Waals surface area contributed by atoms with Crippen LogP contribution in [0.4, 0.5) is 5.82 Å². The standard InChI is InChI=1S/C23H39N5O/c1-3-24-22(27-19-23(10-5-6-11-23)12-16-29-4-2)26-18-20-9-13-25-21(17-20)28-14-7-8-15-28/h9,13,17H,3-8,10-12,14-16,18-19H2,1-2H3,(H2,24,26,27). The second-order valence-electron chi connectivity index (χ2n) is 8.42. The molecule has 0 aromatic carbocycles. The molecule has 6 heteroatoms. The second kappa shape index (κ2) is 11.4. The molecule has 6 nitrogen and oxygen atoms in total. The van der Waals surface area contributed by atoms with E-state index in [1.165, 1.54) is 44.1 Å². The van der Waals surface area contributed by atoms with Crippen LogP contribution in [-0.2, 0) is 11.3 Å². The highest BCUT2D eigenvalue weighted by molar-refractivity contribution is 5.79. The van der Waals surface area contributed by atoms with Gasteiger partial charge in [0.15, 0.2) is 5.96 Å². The van der Waals surface area contributed by atoms with E-state index in [9.17, 15) is 0 Å². The zero-order valence-electron chi connectivity index (χ0n) is 18.4. The summed E-state index contributed by atoms with van der Waals surface area (Å²) >= 11 is 0. The lowest BCUT2D eigenvalue weighted by molar-refractivity contribution is 0.105. The lowest BCUT2D eigenvalue weighted by Crippen LogP contribution is -2.43. The van der Waals surface area contributed by atoms with Gasteiger partial charge in [-0.3, -0.25) is 0 Å². The van der Waals surface area contributed by atoms with E-state index in [1.54, 1.807) is 0 Å². The maximum absolute atomic E-state index is 5.65. The Kier molecular flexibility index (Phi) is 8.59. The third-order valence-corrected chi connectivity index (χ3v) is 6.28. The summed E-state index contributed by atoms with van der Waals surface area (Å²) in [5, 5.41) is 7.04. The molecule has 1 saturated heterocycles. The van der Waals surface area contributed by atoms with Crippen molar-refractivity contribution in [3.05, 3.63) is 23.9 Å². The highest BCUT2D eigenvalue weighted by atomic mass is 16.5. The molecular formula is C23H39N5O. The quantitative estimate of drug-likeness (QED) is 0.355. The first-order chi connectivity index (χ1) is 14.2. The number of pyridine rings is 1. The molecule has 1 aromatic rings. The van der Waals surface area contributed by atoms with Gasteiger partial charge in [0.05, 0.1) is 6.54 Å². The van der Waals surface area contributed by atoms with Crippen molar-refractivity contribution in [1.29, 1.82) is 0 Å². The Morgan fingerprint density at radius 3 is 2.69 bits per heavy atom. The van der Waals surface area contributed by atoms with Crippen molar-refractivity contribution in [2.45, 2.75) is 65.3 Å². The minimum Gasteiger partial charge on any atom is -0.382 e. The van der Waals surface area contributed by atoms with Crippen LogP contribution >= 0.6 is 0 Å². The Labute approximate surface area is 176 Å². The molecule has 0 atom stereocenters. The van der Waals surface area contributed by atoms with E-state index in [0.29, 0.717) is 12.0 Å². The lowest BCUT2D eigenvalue weighted by Gasteiger charge is -2.30. The van der Waals surface area contributed by atoms with Crippen LogP contribution in [-0.4, -0.2) is 50.3 Å². The number of aromatic nitrogens is 1. The van der Waals surface area contributed by atoms with Crippen LogP contribution in [0.1, 0.15) is 64.4 Å². The molecule has 1 aliphatic carbocycles. The summed E-state index contributed by atoms with van der Waals surface area (Å²) < 4.78 is 5.65. The molecule has 2 N–H and O–H groups in total. The molecule has 3 rings (SSSR count). The summed E-state index contributed by atoms with van der Waals surface area (Å²) in [6.07, 6.45) is 10.8. The Balaban J connectivity index is 1.58. The van der Waals surface area contributed by atoms with Gasteiger partial charge in [-0.15, -0.1) is 0 Å². The van der Waals surface area contributed by atoms with Crippen molar-refractivity contribution in [1.82, 2.24) is 15.6 Å². The Hall–Kier alpha value is -1.82. The van der Waals surface area contributed by atoms with Crippen LogP contribution in [0.25, 0.3) is 0 Å². The smallest absolute Gasteiger partial charge is 0.191 e. The fraction of sp³-hybridized carbons (Fsp3) is 0.739. The van der Waals surface area contributed by atoms with E-state index in [4.69, 9.17) is 9.73 Å². The molecule has 162 valence electrons. The molecule has 29 heavy (non-hydrogen) atoms. The average molecular weight is 402 g/mol. The number of rotatable bonds is 10. The summed E-state index contributed by atoms with van der Waals surface area (Å²) in [7, 11) is 0. The molecule has 1 saturated carbocycles. The third kappa shape index (κ3) is 6.59. The molecule has 0 spiro atoms. The molecule has 2 heterocycles. The van der Waals surface area contributed by atoms with Crippen LogP contribution in [0.15, 0.2) is 23.3 Å². The van der Waals surface area contributed by atoms with E-state index < -0.39 is 0 Å². The van der Waals surface area contributed by atoms with Gasteiger partial charge in [-0.05, 0) is 69.1 Å². The molecule has 0 bridgehead atoms. The molecule has 1 aromatic heterocycles. The van der Waals surface area contributed by atoms with Crippen LogP contribution in [0.5, 0.6) is 0 Å². The highest BCUT2D eigenvalue weighted by Crippen LogP contribution is 2.40. The van der Waals surface area contributed by atoms with E-state index >= 15 is 0 Å². The van der Waals surface area contributed by atoms with Gasteiger partial charge in [0.1, 0.15) is 5.82 Å². The first-order valence-corrected chi connectivity index (χ1v) is 11.5. The van der Waals surface area contributed by atoms with Gasteiger partial charge >= 0.3 is 0 Å². The van der Waals surface area contributed by atoms with Crippen molar-refractivity contribution in [3.8, 4) is 0 Å². The minimum absolute atomic E-state index is 0.352. The van der Waals surface area contributed by atoms with Gasteiger partial charge in [-0.1, -0.05) is 12.8 Å². The largest absolute Gasteiger partial charge is 0.382 e. The summed E-state index contributed by atoms with van der Waals surface area (Å²) in [6, 6.07) is 4.27. The highest BCUT2D eigenvalue weighted by Gasteiger charge is 2.33. The maximum Gasteiger partial charge on any atom is 0.191 e. The first-order valence-electron chi connectivity index (χ1n) is 11.5. The van der Waals surface area contributed by atoms with E-state index in [-0.39, 0.29) is 0 Å². The minimum atomic E-state index is 0.352. The molecular weight excluding hydrogens is 362 g/mol. The molecule has 1 aliphatic heterocycles. The van der Waals surface area contributed by atoms with Crippen molar-refractivity contribution in [2.24, 2.45) is 10.4 Å². The van der Waals surface area contributed by atoms with Crippen molar-refractivity contribution < 1.29 is 4.74 Å². The zero-order valence-corrected chi connectivity index (χ0v) is 18.4. The summed E-state index contributed by atoms with van der Waals surface area (Å²) in [5.41, 5.74) is 1.57. The van der Waals surface area contributed by atoms with Crippen LogP contribution in [0.3, 0.4) is 0 Å². The lowest BCUT2D eigenvalue weighted by atomic mass is 9.83. The second-order valence-corrected chi connectivity index (χ2v) is 8.42. The summed E-state index contributed by atoms with van der Waals surface area (Å²) in [5.74, 6) is 2.00. The third-order valence-electron chi connectivity index (χ3n) is 6.28. The number of nitrogens with one attached hydrogen (secondary N) is 2. The van der Waals surface area contributed by atoms with E-state index in [1.807, 2.05) is 6.20 Å². The number of guanidine groups is 1. The van der Waals surface area contributed by atoms with Crippen LogP contribution < -0.4 is 15.5 Å². The number of nitrogens with zero attached hydrogens (tertiary/aromatic N) is 3. The van der Waals surface area contributed by atoms with Crippen LogP contribution in [0.2, 0.25) is 0 Å². The number of ether oxygens (including phenoxy) is 1. The van der Waals surface area contributed by atoms with Gasteiger partial charge in [0, 0.05) is 45.6 Å². The SMILES string of the molecule is CCNC(=NCc1ccnc(N2CCCC2)c1)NCC1(CCOCC)CCCC1. The summed E-state index contributed by atoms with van der Waals surface area (Å²) in [4.78, 5) is 11.8. The van der Waals surface area contributed by atoms with E-state index in [0.717, 1.165) is 57.6 Å². The fourth-order valence-electron chi connectivity index (χ4n) is 4.53. The number of hydrogen-bond donors (Lipinski definition) is 2. The van der Waals surface area contributed by atoms with Gasteiger partial charge in [0.2, 0.25) is 0 Å². The Morgan fingerprint density at radius 2 is 1.97 bits per heavy atom. The van der Waals surface area contributed by atoms with E-state index in [2.05, 4.69) is 46.5 Å². The molecule has 2 aliphatic rings. The van der Waals surface area contributed by atoms with Gasteiger partial charge in [-0.2, -0.15) is 0 Å². The fourth-order valence-corrected chi connectivity index (χ4v) is 4.53. The number of aliphatic imine (C=N–C) groups is 1. The van der Waals surface area contributed by atoms with Crippen molar-refractivity contribution in [2.75, 3.05) is 44.3 Å². The topological polar surface area (TPSA) is 61.8 Å². The molecule has 0 unspecified atom stereocenters. The normalized spacial score (nSPS) is 19.0. The van der Waals surface area contributed by atoms with Crippen LogP contribution in [0, 0.1) is 5.41 Å². The Bertz CT molecular complexity index is 636. The number of hydrogen-bond acceptors (Lipinski definition) is 4. The summed E-state index contributed by atoms with van der Waals surface area (Å²) in [6.45, 7) is 10.6. The molecule has 2 fully saturated rings. The maximum atomic E-state index is 5.65. The molecule has 0 amide bonds. The Morgan fingerprint density at radius 1 is 1.17 bits per heavy atom. The molecule has 0 radical (unpaired) electrons. The van der Waals surface area contributed by atoms with Crippen molar-refractivity contribution in [3.63, 3.8) is 0 Å². The monoisotopic (exact) mass is 401 g/mol. The van der Waals surface area contributed by atoms with Crippen molar-refractivity contribution >= 4 is 11.8 Å². The van der Waals surface area contributed by atoms with Gasteiger partial charge < -0.3 is 20.3 Å².